The molecule has 2 aromatic rings. The third-order valence-corrected chi connectivity index (χ3v) is 6.33. The van der Waals surface area contributed by atoms with Gasteiger partial charge in [0.15, 0.2) is 0 Å². The van der Waals surface area contributed by atoms with Crippen molar-refractivity contribution in [2.45, 2.75) is 25.4 Å². The van der Waals surface area contributed by atoms with Gasteiger partial charge in [-0.2, -0.15) is 0 Å². The Morgan fingerprint density at radius 2 is 2.27 bits per heavy atom. The van der Waals surface area contributed by atoms with E-state index < -0.39 is 0 Å². The van der Waals surface area contributed by atoms with Crippen LogP contribution in [0.15, 0.2) is 34.1 Å². The monoisotopic (exact) mass is 446 g/mol. The topological polar surface area (TPSA) is 96.2 Å². The van der Waals surface area contributed by atoms with Crippen LogP contribution >= 0.6 is 24.0 Å². The maximum Gasteiger partial charge on any atom is 0.267 e. The quantitative estimate of drug-likeness (QED) is 0.378. The van der Waals surface area contributed by atoms with Gasteiger partial charge < -0.3 is 15.2 Å². The number of thioether (sulfide) groups is 1. The molecule has 0 spiro atoms. The van der Waals surface area contributed by atoms with Crippen molar-refractivity contribution in [2.24, 2.45) is 0 Å². The van der Waals surface area contributed by atoms with Crippen molar-refractivity contribution in [3.8, 4) is 0 Å². The number of carbonyl (C=O) groups excluding carboxylic acids is 1. The highest BCUT2D eigenvalue weighted by atomic mass is 32.2. The Morgan fingerprint density at radius 3 is 3.03 bits per heavy atom. The van der Waals surface area contributed by atoms with E-state index in [-0.39, 0.29) is 29.7 Å². The summed E-state index contributed by atoms with van der Waals surface area (Å²) in [5, 5.41) is 12.2. The lowest BCUT2D eigenvalue weighted by Crippen LogP contribution is -2.35. The number of amides is 1. The molecule has 0 saturated carbocycles. The molecular weight excluding hydrogens is 424 g/mol. The summed E-state index contributed by atoms with van der Waals surface area (Å²) in [6.45, 7) is 1.61. The number of pyridine rings is 1. The summed E-state index contributed by atoms with van der Waals surface area (Å²) in [6.07, 6.45) is 5.60. The Morgan fingerprint density at radius 1 is 1.40 bits per heavy atom. The van der Waals surface area contributed by atoms with Crippen LogP contribution in [0.1, 0.15) is 24.8 Å². The third-order valence-electron chi connectivity index (χ3n) is 4.96. The van der Waals surface area contributed by atoms with E-state index in [0.717, 1.165) is 12.8 Å². The van der Waals surface area contributed by atoms with E-state index in [1.165, 1.54) is 16.2 Å². The zero-order valence-electron chi connectivity index (χ0n) is 16.2. The predicted molar refractivity (Wildman–Crippen MR) is 121 cm³/mol. The van der Waals surface area contributed by atoms with Crippen LogP contribution in [0.2, 0.25) is 0 Å². The van der Waals surface area contributed by atoms with Crippen LogP contribution in [0.25, 0.3) is 11.7 Å². The molecule has 1 unspecified atom stereocenters. The van der Waals surface area contributed by atoms with Gasteiger partial charge >= 0.3 is 0 Å². The molecule has 4 rings (SSSR count). The van der Waals surface area contributed by atoms with E-state index in [2.05, 4.69) is 10.3 Å². The van der Waals surface area contributed by atoms with Gasteiger partial charge in [0, 0.05) is 26.0 Å². The van der Waals surface area contributed by atoms with Crippen LogP contribution < -0.4 is 10.9 Å². The van der Waals surface area contributed by atoms with Crippen molar-refractivity contribution in [1.82, 2.24) is 14.3 Å². The Labute approximate surface area is 182 Å². The van der Waals surface area contributed by atoms with E-state index in [1.807, 2.05) is 0 Å². The molecule has 4 heterocycles. The van der Waals surface area contributed by atoms with E-state index >= 15 is 0 Å². The Bertz CT molecular complexity index is 1060. The molecular formula is C20H22N4O4S2. The van der Waals surface area contributed by atoms with Crippen LogP contribution in [0, 0.1) is 0 Å². The number of aliphatic hydroxyl groups is 1. The SMILES string of the molecule is O=C1C(=Cc2c(NCCCO)nc3ccccn3c2=O)SC(=S)N1CC1CCCO1. The number of hydrogen-bond donors (Lipinski definition) is 2. The van der Waals surface area contributed by atoms with Crippen LogP contribution in [0.5, 0.6) is 0 Å². The Balaban J connectivity index is 1.69. The lowest BCUT2D eigenvalue weighted by atomic mass is 10.2. The molecule has 30 heavy (non-hydrogen) atoms. The van der Waals surface area contributed by atoms with Gasteiger partial charge in [-0.15, -0.1) is 0 Å². The van der Waals surface area contributed by atoms with Gasteiger partial charge in [0.05, 0.1) is 23.1 Å². The molecule has 0 bridgehead atoms. The summed E-state index contributed by atoms with van der Waals surface area (Å²) >= 11 is 6.58. The first-order valence-corrected chi connectivity index (χ1v) is 11.0. The summed E-state index contributed by atoms with van der Waals surface area (Å²) in [5.74, 6) is 0.156. The predicted octanol–water partition coefficient (Wildman–Crippen LogP) is 1.87. The molecule has 2 aromatic heterocycles. The maximum absolute atomic E-state index is 13.1. The average molecular weight is 447 g/mol. The first-order valence-electron chi connectivity index (χ1n) is 9.81. The highest BCUT2D eigenvalue weighted by Crippen LogP contribution is 2.34. The lowest BCUT2D eigenvalue weighted by Gasteiger charge is -2.18. The molecule has 1 amide bonds. The highest BCUT2D eigenvalue weighted by molar-refractivity contribution is 8.26. The summed E-state index contributed by atoms with van der Waals surface area (Å²) in [4.78, 5) is 32.6. The zero-order valence-corrected chi connectivity index (χ0v) is 17.9. The van der Waals surface area contributed by atoms with E-state index in [4.69, 9.17) is 22.1 Å². The van der Waals surface area contributed by atoms with Crippen molar-refractivity contribution in [1.29, 1.82) is 0 Å². The molecule has 158 valence electrons. The number of carbonyl (C=O) groups is 1. The molecule has 0 aromatic carbocycles. The summed E-state index contributed by atoms with van der Waals surface area (Å²) in [6, 6.07) is 5.29. The molecule has 0 radical (unpaired) electrons. The number of ether oxygens (including phenoxy) is 1. The van der Waals surface area contributed by atoms with E-state index in [1.54, 1.807) is 35.4 Å². The van der Waals surface area contributed by atoms with Crippen molar-refractivity contribution in [3.63, 3.8) is 0 Å². The molecule has 2 aliphatic rings. The third kappa shape index (κ3) is 4.27. The normalized spacial score (nSPS) is 20.6. The number of hydrogen-bond acceptors (Lipinski definition) is 8. The van der Waals surface area contributed by atoms with Crippen molar-refractivity contribution in [2.75, 3.05) is 31.6 Å². The standard InChI is InChI=1S/C20H22N4O4S2/c25-9-4-7-21-17-14(18(26)23-8-2-1-6-16(23)22-17)11-15-19(27)24(20(29)30-15)12-13-5-3-10-28-13/h1-2,6,8,11,13,21,25H,3-5,7,9-10,12H2. The van der Waals surface area contributed by atoms with Gasteiger partial charge in [-0.05, 0) is 37.5 Å². The second kappa shape index (κ2) is 9.25. The summed E-state index contributed by atoms with van der Waals surface area (Å²) in [7, 11) is 0. The Hall–Kier alpha value is -2.27. The number of fused-ring (bicyclic) bond motifs is 1. The van der Waals surface area contributed by atoms with Crippen molar-refractivity contribution < 1.29 is 14.6 Å². The zero-order chi connectivity index (χ0) is 21.1. The second-order valence-corrected chi connectivity index (χ2v) is 8.72. The van der Waals surface area contributed by atoms with Crippen LogP contribution in [-0.2, 0) is 9.53 Å². The van der Waals surface area contributed by atoms with Crippen LogP contribution in [-0.4, -0.2) is 62.0 Å². The van der Waals surface area contributed by atoms with E-state index in [9.17, 15) is 9.59 Å². The fourth-order valence-corrected chi connectivity index (χ4v) is 4.69. The molecule has 10 heteroatoms. The molecule has 2 aliphatic heterocycles. The molecule has 1 atom stereocenters. The van der Waals surface area contributed by atoms with Crippen molar-refractivity contribution >= 4 is 51.7 Å². The van der Waals surface area contributed by atoms with Gasteiger partial charge in [-0.25, -0.2) is 4.98 Å². The molecule has 0 aliphatic carbocycles. The molecule has 8 nitrogen and oxygen atoms in total. The largest absolute Gasteiger partial charge is 0.396 e. The minimum atomic E-state index is -0.281. The average Bonchev–Trinajstić information content (AvgIpc) is 3.35. The minimum Gasteiger partial charge on any atom is -0.396 e. The minimum absolute atomic E-state index is 0.00415. The number of nitrogens with zero attached hydrogens (tertiary/aromatic N) is 3. The number of thiocarbonyl (C=S) groups is 1. The smallest absolute Gasteiger partial charge is 0.267 e. The highest BCUT2D eigenvalue weighted by Gasteiger charge is 2.35. The van der Waals surface area contributed by atoms with Crippen LogP contribution in [0.3, 0.4) is 0 Å². The number of rotatable bonds is 7. The Kier molecular flexibility index (Phi) is 6.47. The fraction of sp³-hybridized carbons (Fsp3) is 0.400. The molecule has 2 fully saturated rings. The summed E-state index contributed by atoms with van der Waals surface area (Å²) < 4.78 is 7.53. The van der Waals surface area contributed by atoms with Gasteiger partial charge in [-0.1, -0.05) is 30.0 Å². The lowest BCUT2D eigenvalue weighted by molar-refractivity contribution is -0.123. The number of nitrogens with one attached hydrogen (secondary N) is 1. The fourth-order valence-electron chi connectivity index (χ4n) is 3.43. The number of aliphatic hydroxyl groups excluding tert-OH is 1. The van der Waals surface area contributed by atoms with Crippen molar-refractivity contribution in [3.05, 3.63) is 45.2 Å². The second-order valence-electron chi connectivity index (χ2n) is 7.04. The number of anilines is 1. The van der Waals surface area contributed by atoms with Gasteiger partial charge in [-0.3, -0.25) is 18.9 Å². The first kappa shape index (κ1) is 21.0. The number of aromatic nitrogens is 2. The van der Waals surface area contributed by atoms with Gasteiger partial charge in [0.1, 0.15) is 15.8 Å². The van der Waals surface area contributed by atoms with Gasteiger partial charge in [0.25, 0.3) is 11.5 Å². The van der Waals surface area contributed by atoms with E-state index in [0.29, 0.717) is 46.8 Å². The summed E-state index contributed by atoms with van der Waals surface area (Å²) in [5.41, 5.74) is 0.503. The van der Waals surface area contributed by atoms with Crippen LogP contribution in [0.4, 0.5) is 5.82 Å². The first-order chi connectivity index (χ1) is 14.6. The maximum atomic E-state index is 13.1. The molecule has 2 N–H and O–H groups in total. The molecule has 2 saturated heterocycles. The van der Waals surface area contributed by atoms with Gasteiger partial charge in [0.2, 0.25) is 0 Å².